The van der Waals surface area contributed by atoms with Gasteiger partial charge in [-0.15, -0.1) is 0 Å². The van der Waals surface area contributed by atoms with Gasteiger partial charge in [-0.05, 0) is 82.8 Å². The average Bonchev–Trinajstić information content (AvgIpc) is 3.09. The monoisotopic (exact) mass is 704 g/mol. The molecule has 3 aromatic carbocycles. The molecule has 0 bridgehead atoms. The quantitative estimate of drug-likeness (QED) is 0.130. The largest absolute Gasteiger partial charge is 0.507 e. The molecule has 0 heterocycles. The summed E-state index contributed by atoms with van der Waals surface area (Å²) in [6.45, 7) is 10.3. The zero-order valence-corrected chi connectivity index (χ0v) is 31.9. The van der Waals surface area contributed by atoms with Crippen LogP contribution >= 0.6 is 0 Å². The van der Waals surface area contributed by atoms with E-state index < -0.39 is 5.41 Å². The first-order chi connectivity index (χ1) is 24.3. The Morgan fingerprint density at radius 3 is 1.08 bits per heavy atom. The zero-order valence-electron chi connectivity index (χ0n) is 31.9. The highest BCUT2D eigenvalue weighted by atomic mass is 16.5. The number of phenols is 3. The minimum Gasteiger partial charge on any atom is -0.507 e. The Bertz CT molecular complexity index is 1570. The molecule has 0 saturated carbocycles. The van der Waals surface area contributed by atoms with E-state index in [2.05, 4.69) is 45.9 Å². The molecule has 9 nitrogen and oxygen atoms in total. The van der Waals surface area contributed by atoms with E-state index in [-0.39, 0.29) is 74.1 Å². The summed E-state index contributed by atoms with van der Waals surface area (Å²) in [6.07, 6.45) is 6.82. The Hall–Kier alpha value is -3.70. The lowest BCUT2D eigenvalue weighted by atomic mass is 9.62. The van der Waals surface area contributed by atoms with Crippen LogP contribution < -0.4 is 0 Å². The minimum absolute atomic E-state index is 0.0906. The highest BCUT2D eigenvalue weighted by Gasteiger charge is 2.40. The topological polar surface area (TPSA) is 116 Å². The van der Waals surface area contributed by atoms with Gasteiger partial charge in [0, 0.05) is 81.5 Å². The molecule has 0 fully saturated rings. The first-order valence-electron chi connectivity index (χ1n) is 17.2. The summed E-state index contributed by atoms with van der Waals surface area (Å²) in [5, 5.41) is 33.3. The molecule has 0 spiro atoms. The van der Waals surface area contributed by atoms with Crippen LogP contribution in [0.1, 0.15) is 77.8 Å². The number of rotatable bonds is 17. The number of allylic oxidation sites excluding steroid dienone is 4. The van der Waals surface area contributed by atoms with Crippen molar-refractivity contribution in [2.75, 3.05) is 42.7 Å². The van der Waals surface area contributed by atoms with E-state index in [1.807, 2.05) is 36.4 Å². The molecule has 1 aliphatic rings. The van der Waals surface area contributed by atoms with Crippen molar-refractivity contribution in [3.8, 4) is 17.2 Å². The van der Waals surface area contributed by atoms with E-state index in [0.29, 0.717) is 22.3 Å². The Morgan fingerprint density at radius 1 is 0.510 bits per heavy atom. The highest BCUT2D eigenvalue weighted by Crippen LogP contribution is 2.49. The van der Waals surface area contributed by atoms with Crippen LogP contribution in [0.25, 0.3) is 0 Å². The lowest BCUT2D eigenvalue weighted by Gasteiger charge is -2.42. The number of phenolic OH excluding ortho intramolecular Hbond substituents is 3. The molecule has 278 valence electrons. The van der Waals surface area contributed by atoms with Gasteiger partial charge in [0.05, 0.1) is 39.6 Å². The Labute approximate surface area is 303 Å². The number of hydrogen-bond donors (Lipinski definition) is 3. The summed E-state index contributed by atoms with van der Waals surface area (Å²) in [5.74, 6) is 0.685. The van der Waals surface area contributed by atoms with Crippen LogP contribution in [0.4, 0.5) is 0 Å². The van der Waals surface area contributed by atoms with Crippen molar-refractivity contribution in [2.24, 2.45) is 11.8 Å². The van der Waals surface area contributed by atoms with Crippen molar-refractivity contribution in [1.82, 2.24) is 0 Å². The van der Waals surface area contributed by atoms with Gasteiger partial charge in [0.25, 0.3) is 0 Å². The average molecular weight is 705 g/mol. The van der Waals surface area contributed by atoms with Crippen molar-refractivity contribution in [2.45, 2.75) is 78.2 Å². The van der Waals surface area contributed by atoms with Gasteiger partial charge in [0.1, 0.15) is 17.2 Å². The number of methoxy groups -OCH3 is 6. The summed E-state index contributed by atoms with van der Waals surface area (Å²) in [4.78, 5) is 0. The molecule has 0 saturated heterocycles. The summed E-state index contributed by atoms with van der Waals surface area (Å²) < 4.78 is 32.9. The van der Waals surface area contributed by atoms with Crippen LogP contribution in [0.5, 0.6) is 17.2 Å². The van der Waals surface area contributed by atoms with Gasteiger partial charge >= 0.3 is 0 Å². The van der Waals surface area contributed by atoms with E-state index >= 15 is 0 Å². The zero-order chi connectivity index (χ0) is 37.5. The molecule has 3 aromatic rings. The first-order valence-corrected chi connectivity index (χ1v) is 17.2. The lowest BCUT2D eigenvalue weighted by molar-refractivity contribution is 0.173. The van der Waals surface area contributed by atoms with Gasteiger partial charge in [-0.25, -0.2) is 0 Å². The number of hydrogen-bond acceptors (Lipinski definition) is 9. The summed E-state index contributed by atoms with van der Waals surface area (Å²) in [7, 11) is 9.67. The molecule has 2 unspecified atom stereocenters. The van der Waals surface area contributed by atoms with Crippen LogP contribution in [-0.4, -0.2) is 58.0 Å². The predicted octanol–water partition coefficient (Wildman–Crippen LogP) is 7.71. The smallest absolute Gasteiger partial charge is 0.126 e. The molecule has 0 amide bonds. The van der Waals surface area contributed by atoms with Crippen LogP contribution in [0.3, 0.4) is 0 Å². The summed E-state index contributed by atoms with van der Waals surface area (Å²) in [5.41, 5.74) is 6.98. The maximum atomic E-state index is 11.2. The molecular weight excluding hydrogens is 648 g/mol. The fraction of sp³-hybridized carbons (Fsp3) is 0.476. The molecular formula is C42H56O9. The van der Waals surface area contributed by atoms with E-state index in [1.165, 1.54) is 0 Å². The standard InChI is InChI=1S/C42H56O9/c1-26-13-33(11-12-37(26)41(2,3)34-14-27(20-46-5)38(43)28(15-34)21-47-6)42(4,35-16-29(22-48-7)39(44)30(17-35)23-49-8)36-18-31(24-50-9)40(45)32(19-36)25-51-10/h11-19,26,37,43-45H,20-25H2,1-10H3. The van der Waals surface area contributed by atoms with Crippen molar-refractivity contribution in [1.29, 1.82) is 0 Å². The Balaban J connectivity index is 1.94. The summed E-state index contributed by atoms with van der Waals surface area (Å²) >= 11 is 0. The highest BCUT2D eigenvalue weighted by molar-refractivity contribution is 5.59. The van der Waals surface area contributed by atoms with Gasteiger partial charge < -0.3 is 43.7 Å². The van der Waals surface area contributed by atoms with Crippen LogP contribution in [0, 0.1) is 11.8 Å². The van der Waals surface area contributed by atoms with E-state index in [1.54, 1.807) is 42.7 Å². The Kier molecular flexibility index (Phi) is 13.5. The molecule has 4 rings (SSSR count). The third-order valence-corrected chi connectivity index (χ3v) is 10.4. The van der Waals surface area contributed by atoms with Crippen molar-refractivity contribution in [3.05, 3.63) is 110 Å². The number of benzene rings is 3. The lowest BCUT2D eigenvalue weighted by Crippen LogP contribution is -2.35. The van der Waals surface area contributed by atoms with Gasteiger partial charge in [0.2, 0.25) is 0 Å². The maximum Gasteiger partial charge on any atom is 0.126 e. The van der Waals surface area contributed by atoms with E-state index in [9.17, 15) is 15.3 Å². The third kappa shape index (κ3) is 8.19. The molecule has 2 atom stereocenters. The molecule has 9 heteroatoms. The van der Waals surface area contributed by atoms with Gasteiger partial charge in [-0.3, -0.25) is 0 Å². The summed E-state index contributed by atoms with van der Waals surface area (Å²) in [6, 6.07) is 12.1. The predicted molar refractivity (Wildman–Crippen MR) is 198 cm³/mol. The van der Waals surface area contributed by atoms with Gasteiger partial charge in [-0.2, -0.15) is 0 Å². The first kappa shape index (κ1) is 40.1. The normalized spacial score (nSPS) is 16.5. The van der Waals surface area contributed by atoms with Crippen LogP contribution in [-0.2, 0) is 78.9 Å². The number of ether oxygens (including phenoxy) is 6. The van der Waals surface area contributed by atoms with E-state index in [4.69, 9.17) is 28.4 Å². The second kappa shape index (κ2) is 17.2. The number of aromatic hydroxyl groups is 3. The molecule has 0 aliphatic heterocycles. The maximum absolute atomic E-state index is 11.2. The van der Waals surface area contributed by atoms with E-state index in [0.717, 1.165) is 33.4 Å². The minimum atomic E-state index is -0.757. The van der Waals surface area contributed by atoms with Gasteiger partial charge in [-0.1, -0.05) is 39.0 Å². The van der Waals surface area contributed by atoms with Gasteiger partial charge in [0.15, 0.2) is 0 Å². The molecule has 0 aromatic heterocycles. The fourth-order valence-electron chi connectivity index (χ4n) is 7.57. The second-order valence-electron chi connectivity index (χ2n) is 14.2. The van der Waals surface area contributed by atoms with Crippen molar-refractivity contribution >= 4 is 0 Å². The fourth-order valence-corrected chi connectivity index (χ4v) is 7.57. The Morgan fingerprint density at radius 2 is 0.804 bits per heavy atom. The molecule has 0 radical (unpaired) electrons. The SMILES string of the molecule is COCc1cc(C(C)(C2=CC(C)C(C(C)(C)c3cc(COC)c(O)c(COC)c3)C=C2)c2cc(COC)c(O)c(COC)c2)cc(COC)c1O. The van der Waals surface area contributed by atoms with Crippen LogP contribution in [0.2, 0.25) is 0 Å². The van der Waals surface area contributed by atoms with Crippen molar-refractivity contribution < 1.29 is 43.7 Å². The van der Waals surface area contributed by atoms with Crippen molar-refractivity contribution in [3.63, 3.8) is 0 Å². The molecule has 51 heavy (non-hydrogen) atoms. The van der Waals surface area contributed by atoms with Crippen LogP contribution in [0.15, 0.2) is 60.2 Å². The second-order valence-corrected chi connectivity index (χ2v) is 14.2. The third-order valence-electron chi connectivity index (χ3n) is 10.4. The molecule has 1 aliphatic carbocycles. The molecule has 3 N–H and O–H groups in total.